The van der Waals surface area contributed by atoms with Gasteiger partial charge in [-0.2, -0.15) is 0 Å². The lowest BCUT2D eigenvalue weighted by molar-refractivity contribution is -0.139. The molecule has 0 aliphatic rings. The Kier molecular flexibility index (Phi) is 3.63. The summed E-state index contributed by atoms with van der Waals surface area (Å²) in [6.07, 6.45) is -0.370. The zero-order chi connectivity index (χ0) is 13.3. The number of Topliss-reactive ketones (excluding diaryl/α,β-unsaturated/α-hetero) is 1. The van der Waals surface area contributed by atoms with Crippen molar-refractivity contribution in [3.8, 4) is 0 Å². The minimum atomic E-state index is -0.625. The fourth-order valence-electron chi connectivity index (χ4n) is 1.50. The van der Waals surface area contributed by atoms with Crippen molar-refractivity contribution in [1.82, 2.24) is 0 Å². The van der Waals surface area contributed by atoms with Gasteiger partial charge in [0.05, 0.1) is 17.0 Å². The number of fused-ring (bicyclic) bond motifs is 1. The summed E-state index contributed by atoms with van der Waals surface area (Å²) in [5, 5.41) is 0.861. The van der Waals surface area contributed by atoms with E-state index in [1.54, 1.807) is 0 Å². The number of benzene rings is 1. The lowest BCUT2D eigenvalue weighted by Gasteiger charge is -1.97. The molecule has 1 aromatic heterocycles. The number of carbonyl (C=O) groups excluding carboxylic acids is 2. The molecule has 0 atom stereocenters. The maximum Gasteiger partial charge on any atom is 0.313 e. The van der Waals surface area contributed by atoms with Crippen LogP contribution in [-0.4, -0.2) is 18.9 Å². The van der Waals surface area contributed by atoms with Gasteiger partial charge in [0.2, 0.25) is 0 Å². The highest BCUT2D eigenvalue weighted by Gasteiger charge is 2.20. The van der Waals surface area contributed by atoms with Gasteiger partial charge in [0, 0.05) is 10.1 Å². The highest BCUT2D eigenvalue weighted by Crippen LogP contribution is 2.36. The minimum Gasteiger partial charge on any atom is -0.469 e. The normalized spacial score (nSPS) is 10.6. The van der Waals surface area contributed by atoms with Gasteiger partial charge >= 0.3 is 5.97 Å². The number of ketones is 1. The largest absolute Gasteiger partial charge is 0.469 e. The number of rotatable bonds is 3. The van der Waals surface area contributed by atoms with Crippen LogP contribution in [0.5, 0.6) is 0 Å². The van der Waals surface area contributed by atoms with Crippen LogP contribution in [0.25, 0.3) is 10.1 Å². The van der Waals surface area contributed by atoms with Crippen LogP contribution in [0.4, 0.5) is 4.39 Å². The molecule has 2 rings (SSSR count). The zero-order valence-electron chi connectivity index (χ0n) is 9.33. The van der Waals surface area contributed by atoms with Gasteiger partial charge in [0.1, 0.15) is 12.2 Å². The lowest BCUT2D eigenvalue weighted by atomic mass is 10.2. The van der Waals surface area contributed by atoms with Crippen LogP contribution in [-0.2, 0) is 9.53 Å². The number of esters is 1. The van der Waals surface area contributed by atoms with E-state index < -0.39 is 17.6 Å². The first-order valence-electron chi connectivity index (χ1n) is 5.00. The Morgan fingerprint density at radius 1 is 1.44 bits per heavy atom. The van der Waals surface area contributed by atoms with Crippen molar-refractivity contribution in [3.05, 3.63) is 33.9 Å². The van der Waals surface area contributed by atoms with E-state index in [0.717, 1.165) is 11.3 Å². The predicted octanol–water partition coefficient (Wildman–Crippen LogP) is 3.44. The van der Waals surface area contributed by atoms with Gasteiger partial charge in [0.25, 0.3) is 0 Å². The molecule has 1 heterocycles. The van der Waals surface area contributed by atoms with E-state index in [9.17, 15) is 14.0 Å². The zero-order valence-corrected chi connectivity index (χ0v) is 10.9. The summed E-state index contributed by atoms with van der Waals surface area (Å²) >= 11 is 7.12. The van der Waals surface area contributed by atoms with Crippen LogP contribution >= 0.6 is 22.9 Å². The number of ether oxygens (including phenoxy) is 1. The number of hydrogen-bond acceptors (Lipinski definition) is 4. The van der Waals surface area contributed by atoms with Crippen LogP contribution in [0, 0.1) is 5.82 Å². The molecule has 1 aromatic carbocycles. The third-order valence-electron chi connectivity index (χ3n) is 2.38. The second kappa shape index (κ2) is 5.04. The van der Waals surface area contributed by atoms with Crippen molar-refractivity contribution in [2.24, 2.45) is 0 Å². The monoisotopic (exact) mass is 286 g/mol. The van der Waals surface area contributed by atoms with Crippen molar-refractivity contribution < 1.29 is 18.7 Å². The number of hydrogen-bond donors (Lipinski definition) is 0. The summed E-state index contributed by atoms with van der Waals surface area (Å²) in [5.41, 5.74) is 0. The van der Waals surface area contributed by atoms with E-state index in [2.05, 4.69) is 4.74 Å². The van der Waals surface area contributed by atoms with E-state index in [1.165, 1.54) is 25.3 Å². The van der Waals surface area contributed by atoms with Crippen LogP contribution in [0.2, 0.25) is 5.02 Å². The number of carbonyl (C=O) groups is 2. The Morgan fingerprint density at radius 3 is 2.83 bits per heavy atom. The van der Waals surface area contributed by atoms with Gasteiger partial charge < -0.3 is 4.74 Å². The average molecular weight is 287 g/mol. The Balaban J connectivity index is 2.42. The van der Waals surface area contributed by atoms with Gasteiger partial charge in [0.15, 0.2) is 5.78 Å². The third-order valence-corrected chi connectivity index (χ3v) is 4.08. The number of thiophene rings is 1. The highest BCUT2D eigenvalue weighted by molar-refractivity contribution is 7.21. The summed E-state index contributed by atoms with van der Waals surface area (Å²) in [5.74, 6) is -1.44. The molecule has 0 bridgehead atoms. The molecule has 0 saturated carbocycles. The predicted molar refractivity (Wildman–Crippen MR) is 67.8 cm³/mol. The van der Waals surface area contributed by atoms with E-state index in [1.807, 2.05) is 0 Å². The van der Waals surface area contributed by atoms with Crippen molar-refractivity contribution in [2.45, 2.75) is 6.42 Å². The summed E-state index contributed by atoms with van der Waals surface area (Å²) < 4.78 is 18.0. The fourth-order valence-corrected chi connectivity index (χ4v) is 3.00. The Labute approximate surface area is 111 Å². The Morgan fingerprint density at radius 2 is 2.17 bits per heavy atom. The van der Waals surface area contributed by atoms with Crippen molar-refractivity contribution in [3.63, 3.8) is 0 Å². The molecule has 0 radical (unpaired) electrons. The molecule has 0 spiro atoms. The molecular formula is C12H8ClFO3S. The average Bonchev–Trinajstić information content (AvgIpc) is 2.66. The lowest BCUT2D eigenvalue weighted by Crippen LogP contribution is -2.08. The van der Waals surface area contributed by atoms with Gasteiger partial charge in [-0.15, -0.1) is 11.3 Å². The topological polar surface area (TPSA) is 43.4 Å². The molecule has 0 amide bonds. The Bertz CT molecular complexity index is 636. The molecule has 18 heavy (non-hydrogen) atoms. The third kappa shape index (κ3) is 2.37. The second-order valence-electron chi connectivity index (χ2n) is 3.56. The molecule has 0 aliphatic carbocycles. The SMILES string of the molecule is COC(=O)CC(=O)c1sc2cc(F)ccc2c1Cl. The number of halogens is 2. The quantitative estimate of drug-likeness (QED) is 0.493. The van der Waals surface area contributed by atoms with E-state index in [-0.39, 0.29) is 16.3 Å². The molecule has 2 aromatic rings. The molecular weight excluding hydrogens is 279 g/mol. The van der Waals surface area contributed by atoms with Crippen LogP contribution in [0.3, 0.4) is 0 Å². The molecule has 0 unspecified atom stereocenters. The first-order valence-corrected chi connectivity index (χ1v) is 6.20. The van der Waals surface area contributed by atoms with Crippen LogP contribution in [0.15, 0.2) is 18.2 Å². The van der Waals surface area contributed by atoms with Crippen molar-refractivity contribution in [1.29, 1.82) is 0 Å². The van der Waals surface area contributed by atoms with E-state index in [0.29, 0.717) is 10.1 Å². The molecule has 94 valence electrons. The van der Waals surface area contributed by atoms with Gasteiger partial charge in [-0.25, -0.2) is 4.39 Å². The van der Waals surface area contributed by atoms with Crippen molar-refractivity contribution >= 4 is 44.8 Å². The Hall–Kier alpha value is -1.46. The van der Waals surface area contributed by atoms with Crippen molar-refractivity contribution in [2.75, 3.05) is 7.11 Å². The summed E-state index contributed by atoms with van der Waals surface area (Å²) in [6, 6.07) is 4.09. The maximum atomic E-state index is 13.0. The number of methoxy groups -OCH3 is 1. The van der Waals surface area contributed by atoms with Gasteiger partial charge in [-0.3, -0.25) is 9.59 Å². The van der Waals surface area contributed by atoms with E-state index >= 15 is 0 Å². The van der Waals surface area contributed by atoms with E-state index in [4.69, 9.17) is 11.6 Å². The second-order valence-corrected chi connectivity index (χ2v) is 4.99. The molecule has 3 nitrogen and oxygen atoms in total. The molecule has 0 N–H and O–H groups in total. The molecule has 0 saturated heterocycles. The summed E-state index contributed by atoms with van der Waals surface area (Å²) in [4.78, 5) is 23.1. The fraction of sp³-hybridized carbons (Fsp3) is 0.167. The molecule has 0 aliphatic heterocycles. The first kappa shape index (κ1) is 13.0. The standard InChI is InChI=1S/C12H8ClFO3S/c1-17-10(16)5-8(15)12-11(13)7-3-2-6(14)4-9(7)18-12/h2-4H,5H2,1H3. The molecule has 0 fully saturated rings. The van der Waals surface area contributed by atoms with Gasteiger partial charge in [-0.05, 0) is 18.2 Å². The highest BCUT2D eigenvalue weighted by atomic mass is 35.5. The minimum absolute atomic E-state index is 0.252. The maximum absolute atomic E-state index is 13.0. The van der Waals surface area contributed by atoms with Gasteiger partial charge in [-0.1, -0.05) is 11.6 Å². The summed E-state index contributed by atoms with van der Waals surface area (Å²) in [7, 11) is 1.21. The summed E-state index contributed by atoms with van der Waals surface area (Å²) in [6.45, 7) is 0. The van der Waals surface area contributed by atoms with Crippen LogP contribution in [0.1, 0.15) is 16.1 Å². The first-order chi connectivity index (χ1) is 8.52. The smallest absolute Gasteiger partial charge is 0.313 e. The molecule has 6 heteroatoms. The van der Waals surface area contributed by atoms with Crippen LogP contribution < -0.4 is 0 Å².